The van der Waals surface area contributed by atoms with E-state index in [9.17, 15) is 4.79 Å². The van der Waals surface area contributed by atoms with Crippen molar-refractivity contribution in [3.63, 3.8) is 0 Å². The Morgan fingerprint density at radius 2 is 2.29 bits per heavy atom. The molecule has 2 aromatic heterocycles. The number of amides is 1. The number of hydrogen-bond acceptors (Lipinski definition) is 6. The predicted octanol–water partition coefficient (Wildman–Crippen LogP) is 0.866. The van der Waals surface area contributed by atoms with Crippen LogP contribution in [0.2, 0.25) is 0 Å². The third-order valence-corrected chi connectivity index (χ3v) is 4.84. The highest BCUT2D eigenvalue weighted by Crippen LogP contribution is 2.32. The van der Waals surface area contributed by atoms with Gasteiger partial charge in [-0.3, -0.25) is 4.79 Å². The Labute approximate surface area is 127 Å². The number of anilines is 1. The summed E-state index contributed by atoms with van der Waals surface area (Å²) in [5, 5.41) is 5.39. The van der Waals surface area contributed by atoms with Gasteiger partial charge in [0.25, 0.3) is 0 Å². The summed E-state index contributed by atoms with van der Waals surface area (Å²) in [6, 6.07) is -0.214. The molecule has 1 atom stereocenters. The fraction of sp³-hybridized carbons (Fsp3) is 0.500. The van der Waals surface area contributed by atoms with Crippen molar-refractivity contribution in [2.45, 2.75) is 13.0 Å². The molecular formula is C14H19N5OS. The molecule has 21 heavy (non-hydrogen) atoms. The second-order valence-electron chi connectivity index (χ2n) is 5.44. The summed E-state index contributed by atoms with van der Waals surface area (Å²) in [6.07, 6.45) is 1.59. The first-order chi connectivity index (χ1) is 10.1. The number of piperazine rings is 1. The Hall–Kier alpha value is -1.73. The summed E-state index contributed by atoms with van der Waals surface area (Å²) < 4.78 is 1.06. The number of thiophene rings is 1. The van der Waals surface area contributed by atoms with E-state index in [4.69, 9.17) is 0 Å². The van der Waals surface area contributed by atoms with Crippen molar-refractivity contribution >= 4 is 33.3 Å². The lowest BCUT2D eigenvalue weighted by molar-refractivity contribution is -0.130. The summed E-state index contributed by atoms with van der Waals surface area (Å²) in [5.41, 5.74) is 2.14. The van der Waals surface area contributed by atoms with Gasteiger partial charge in [0.2, 0.25) is 5.91 Å². The maximum Gasteiger partial charge on any atom is 0.246 e. The Bertz CT molecular complexity index is 668. The summed E-state index contributed by atoms with van der Waals surface area (Å²) >= 11 is 1.64. The zero-order chi connectivity index (χ0) is 15.0. The van der Waals surface area contributed by atoms with Gasteiger partial charge in [0, 0.05) is 33.7 Å². The van der Waals surface area contributed by atoms with E-state index in [-0.39, 0.29) is 11.9 Å². The molecule has 7 heteroatoms. The fourth-order valence-electron chi connectivity index (χ4n) is 2.64. The van der Waals surface area contributed by atoms with E-state index in [0.29, 0.717) is 6.54 Å². The topological polar surface area (TPSA) is 61.4 Å². The van der Waals surface area contributed by atoms with Crippen LogP contribution in [0.25, 0.3) is 10.2 Å². The van der Waals surface area contributed by atoms with Crippen LogP contribution in [0.4, 0.5) is 5.82 Å². The molecule has 3 rings (SSSR count). The van der Waals surface area contributed by atoms with Crippen LogP contribution in [0, 0.1) is 6.92 Å². The smallest absolute Gasteiger partial charge is 0.246 e. The van der Waals surface area contributed by atoms with Gasteiger partial charge < -0.3 is 15.1 Å². The van der Waals surface area contributed by atoms with E-state index in [2.05, 4.69) is 32.5 Å². The lowest BCUT2D eigenvalue weighted by atomic mass is 10.1. The number of likely N-dealkylation sites (N-methyl/N-ethyl adjacent to an activating group) is 1. The molecule has 1 saturated heterocycles. The first-order valence-electron chi connectivity index (χ1n) is 6.97. The number of carbonyl (C=O) groups excluding carboxylic acids is 1. The van der Waals surface area contributed by atoms with Crippen molar-refractivity contribution in [1.29, 1.82) is 0 Å². The van der Waals surface area contributed by atoms with Gasteiger partial charge in [0.05, 0.1) is 10.2 Å². The highest BCUT2D eigenvalue weighted by Gasteiger charge is 2.32. The van der Waals surface area contributed by atoms with E-state index in [1.165, 1.54) is 0 Å². The number of rotatable bonds is 2. The largest absolute Gasteiger partial charge is 0.347 e. The first kappa shape index (κ1) is 14.2. The fourth-order valence-corrected chi connectivity index (χ4v) is 3.65. The first-order valence-corrected chi connectivity index (χ1v) is 7.85. The van der Waals surface area contributed by atoms with Gasteiger partial charge >= 0.3 is 0 Å². The Morgan fingerprint density at radius 3 is 3.05 bits per heavy atom. The lowest BCUT2D eigenvalue weighted by Gasteiger charge is -2.37. The lowest BCUT2D eigenvalue weighted by Crippen LogP contribution is -2.58. The van der Waals surface area contributed by atoms with Crippen LogP contribution in [-0.2, 0) is 4.79 Å². The van der Waals surface area contributed by atoms with Crippen molar-refractivity contribution in [1.82, 2.24) is 20.2 Å². The molecule has 1 aliphatic heterocycles. The van der Waals surface area contributed by atoms with Crippen LogP contribution in [0.1, 0.15) is 5.56 Å². The maximum absolute atomic E-state index is 12.4. The van der Waals surface area contributed by atoms with E-state index in [1.54, 1.807) is 36.7 Å². The molecule has 0 aromatic carbocycles. The average Bonchev–Trinajstić information content (AvgIpc) is 2.88. The number of aromatic nitrogens is 2. The molecule has 112 valence electrons. The number of nitrogens with zero attached hydrogens (tertiary/aromatic N) is 4. The third-order valence-electron chi connectivity index (χ3n) is 3.75. The monoisotopic (exact) mass is 305 g/mol. The molecule has 1 fully saturated rings. The summed E-state index contributed by atoms with van der Waals surface area (Å²) in [5.74, 6) is 0.974. The van der Waals surface area contributed by atoms with Crippen LogP contribution < -0.4 is 10.2 Å². The van der Waals surface area contributed by atoms with Crippen molar-refractivity contribution in [2.75, 3.05) is 38.6 Å². The molecule has 0 spiro atoms. The summed E-state index contributed by atoms with van der Waals surface area (Å²) in [4.78, 5) is 25.0. The van der Waals surface area contributed by atoms with Gasteiger partial charge in [-0.2, -0.15) is 0 Å². The number of fused-ring (bicyclic) bond motifs is 1. The summed E-state index contributed by atoms with van der Waals surface area (Å²) in [7, 11) is 3.58. The van der Waals surface area contributed by atoms with Crippen LogP contribution in [0.3, 0.4) is 0 Å². The molecule has 2 aromatic rings. The van der Waals surface area contributed by atoms with Crippen molar-refractivity contribution in [3.8, 4) is 0 Å². The third kappa shape index (κ3) is 2.47. The van der Waals surface area contributed by atoms with E-state index in [0.717, 1.165) is 34.7 Å². The number of hydrogen-bond donors (Lipinski definition) is 1. The van der Waals surface area contributed by atoms with Gasteiger partial charge in [0.1, 0.15) is 12.4 Å². The van der Waals surface area contributed by atoms with Crippen LogP contribution in [0.15, 0.2) is 11.7 Å². The second kappa shape index (κ2) is 5.57. The second-order valence-corrected chi connectivity index (χ2v) is 6.32. The Balaban J connectivity index is 2.04. The normalized spacial score (nSPS) is 19.0. The number of aryl methyl sites for hydroxylation is 1. The molecule has 1 amide bonds. The van der Waals surface area contributed by atoms with E-state index in [1.807, 2.05) is 0 Å². The highest BCUT2D eigenvalue weighted by atomic mass is 32.1. The number of nitrogens with one attached hydrogen (secondary N) is 1. The van der Waals surface area contributed by atoms with Gasteiger partial charge in [-0.05, 0) is 17.9 Å². The maximum atomic E-state index is 12.4. The van der Waals surface area contributed by atoms with Crippen LogP contribution >= 0.6 is 11.3 Å². The minimum Gasteiger partial charge on any atom is -0.347 e. The minimum absolute atomic E-state index is 0.0993. The minimum atomic E-state index is -0.214. The molecule has 1 aliphatic rings. The highest BCUT2D eigenvalue weighted by molar-refractivity contribution is 7.18. The Kier molecular flexibility index (Phi) is 3.77. The standard InChI is InChI=1S/C14H19N5OS/c1-9-7-21-12-11(9)16-8-17-13(12)19-5-4-15-6-10(19)14(20)18(2)3/h7-8,10,15H,4-6H2,1-3H3. The molecule has 6 nitrogen and oxygen atoms in total. The molecular weight excluding hydrogens is 286 g/mol. The zero-order valence-corrected chi connectivity index (χ0v) is 13.3. The van der Waals surface area contributed by atoms with Gasteiger partial charge in [-0.25, -0.2) is 9.97 Å². The SMILES string of the molecule is Cc1csc2c(N3CCNCC3C(=O)N(C)C)ncnc12. The van der Waals surface area contributed by atoms with Crippen molar-refractivity contribution in [3.05, 3.63) is 17.3 Å². The summed E-state index contributed by atoms with van der Waals surface area (Å²) in [6.45, 7) is 4.32. The van der Waals surface area contributed by atoms with E-state index < -0.39 is 0 Å². The van der Waals surface area contributed by atoms with Gasteiger partial charge in [-0.1, -0.05) is 0 Å². The molecule has 0 saturated carbocycles. The predicted molar refractivity (Wildman–Crippen MR) is 84.8 cm³/mol. The molecule has 1 unspecified atom stereocenters. The number of carbonyl (C=O) groups is 1. The van der Waals surface area contributed by atoms with Gasteiger partial charge in [-0.15, -0.1) is 11.3 Å². The van der Waals surface area contributed by atoms with Crippen LogP contribution in [0.5, 0.6) is 0 Å². The molecule has 3 heterocycles. The van der Waals surface area contributed by atoms with E-state index >= 15 is 0 Å². The molecule has 0 radical (unpaired) electrons. The Morgan fingerprint density at radius 1 is 1.48 bits per heavy atom. The van der Waals surface area contributed by atoms with Crippen molar-refractivity contribution in [2.24, 2.45) is 0 Å². The molecule has 0 aliphatic carbocycles. The average molecular weight is 305 g/mol. The molecule has 1 N–H and O–H groups in total. The van der Waals surface area contributed by atoms with Crippen molar-refractivity contribution < 1.29 is 4.79 Å². The van der Waals surface area contributed by atoms with Crippen LogP contribution in [-0.4, -0.2) is 60.5 Å². The quantitative estimate of drug-likeness (QED) is 0.892. The van der Waals surface area contributed by atoms with Gasteiger partial charge in [0.15, 0.2) is 5.82 Å². The zero-order valence-electron chi connectivity index (χ0n) is 12.5. The molecule has 0 bridgehead atoms.